The number of rotatable bonds is 2. The fourth-order valence-corrected chi connectivity index (χ4v) is 2.64. The van der Waals surface area contributed by atoms with Crippen molar-refractivity contribution >= 4 is 27.5 Å². The van der Waals surface area contributed by atoms with Gasteiger partial charge in [0.05, 0.1) is 12.1 Å². The van der Waals surface area contributed by atoms with E-state index >= 15 is 0 Å². The van der Waals surface area contributed by atoms with Crippen LogP contribution in [0.2, 0.25) is 0 Å². The third kappa shape index (κ3) is 2.79. The number of halogens is 1. The van der Waals surface area contributed by atoms with Crippen LogP contribution in [0, 0.1) is 0 Å². The standard InChI is InChI=1S/C13H15BrN4O/c14-10-1-2-12-16-11(9-18(12)8-10)7-13(19)17-5-3-15-4-6-17/h1-2,8-9,15H,3-7H2. The summed E-state index contributed by atoms with van der Waals surface area (Å²) in [5, 5.41) is 3.24. The molecular formula is C13H15BrN4O. The zero-order valence-electron chi connectivity index (χ0n) is 10.5. The summed E-state index contributed by atoms with van der Waals surface area (Å²) in [6.07, 6.45) is 4.24. The van der Waals surface area contributed by atoms with E-state index in [0.29, 0.717) is 6.42 Å². The molecule has 0 atom stereocenters. The van der Waals surface area contributed by atoms with E-state index in [-0.39, 0.29) is 5.91 Å². The summed E-state index contributed by atoms with van der Waals surface area (Å²) >= 11 is 3.42. The summed E-state index contributed by atoms with van der Waals surface area (Å²) in [7, 11) is 0. The van der Waals surface area contributed by atoms with Gasteiger partial charge in [-0.15, -0.1) is 0 Å². The Morgan fingerprint density at radius 1 is 1.32 bits per heavy atom. The molecule has 0 aliphatic carbocycles. The van der Waals surface area contributed by atoms with Crippen LogP contribution < -0.4 is 5.32 Å². The molecule has 2 aromatic rings. The van der Waals surface area contributed by atoms with Crippen LogP contribution in [-0.4, -0.2) is 46.4 Å². The van der Waals surface area contributed by atoms with E-state index in [9.17, 15) is 4.79 Å². The van der Waals surface area contributed by atoms with E-state index in [1.807, 2.05) is 33.8 Å². The Hall–Kier alpha value is -1.40. The van der Waals surface area contributed by atoms with Crippen LogP contribution >= 0.6 is 15.9 Å². The van der Waals surface area contributed by atoms with Gasteiger partial charge in [0.2, 0.25) is 5.91 Å². The number of hydrogen-bond donors (Lipinski definition) is 1. The normalized spacial score (nSPS) is 15.9. The average Bonchev–Trinajstić information content (AvgIpc) is 2.81. The second-order valence-corrected chi connectivity index (χ2v) is 5.57. The van der Waals surface area contributed by atoms with Crippen molar-refractivity contribution in [3.63, 3.8) is 0 Å². The lowest BCUT2D eigenvalue weighted by atomic mass is 10.2. The second kappa shape index (κ2) is 5.30. The summed E-state index contributed by atoms with van der Waals surface area (Å²) in [6.45, 7) is 3.34. The maximum atomic E-state index is 12.2. The first kappa shape index (κ1) is 12.6. The van der Waals surface area contributed by atoms with E-state index in [1.54, 1.807) is 0 Å². The molecule has 1 N–H and O–H groups in total. The zero-order valence-corrected chi connectivity index (χ0v) is 12.1. The first-order valence-corrected chi connectivity index (χ1v) is 7.13. The molecule has 19 heavy (non-hydrogen) atoms. The number of imidazole rings is 1. The quantitative estimate of drug-likeness (QED) is 0.899. The van der Waals surface area contributed by atoms with E-state index in [4.69, 9.17) is 0 Å². The zero-order chi connectivity index (χ0) is 13.2. The number of carbonyl (C=O) groups is 1. The number of nitrogens with one attached hydrogen (secondary N) is 1. The third-order valence-corrected chi connectivity index (χ3v) is 3.74. The molecule has 2 aromatic heterocycles. The van der Waals surface area contributed by atoms with Crippen molar-refractivity contribution in [3.8, 4) is 0 Å². The Balaban J connectivity index is 1.75. The lowest BCUT2D eigenvalue weighted by Gasteiger charge is -2.27. The highest BCUT2D eigenvalue weighted by atomic mass is 79.9. The molecule has 0 unspecified atom stereocenters. The Labute approximate surface area is 119 Å². The number of nitrogens with zero attached hydrogens (tertiary/aromatic N) is 3. The van der Waals surface area contributed by atoms with Crippen LogP contribution in [-0.2, 0) is 11.2 Å². The smallest absolute Gasteiger partial charge is 0.228 e. The van der Waals surface area contributed by atoms with E-state index < -0.39 is 0 Å². The summed E-state index contributed by atoms with van der Waals surface area (Å²) in [6, 6.07) is 3.88. The average molecular weight is 323 g/mol. The van der Waals surface area contributed by atoms with Crippen LogP contribution in [0.25, 0.3) is 5.65 Å². The number of pyridine rings is 1. The Morgan fingerprint density at radius 2 is 2.11 bits per heavy atom. The van der Waals surface area contributed by atoms with Crippen molar-refractivity contribution in [1.82, 2.24) is 19.6 Å². The molecule has 0 aromatic carbocycles. The van der Waals surface area contributed by atoms with Gasteiger partial charge in [-0.2, -0.15) is 0 Å². The number of fused-ring (bicyclic) bond motifs is 1. The fourth-order valence-electron chi connectivity index (χ4n) is 2.28. The van der Waals surface area contributed by atoms with Crippen LogP contribution in [0.5, 0.6) is 0 Å². The minimum Gasteiger partial charge on any atom is -0.340 e. The lowest BCUT2D eigenvalue weighted by Crippen LogP contribution is -2.46. The van der Waals surface area contributed by atoms with Crippen molar-refractivity contribution in [2.24, 2.45) is 0 Å². The van der Waals surface area contributed by atoms with Crippen LogP contribution in [0.1, 0.15) is 5.69 Å². The highest BCUT2D eigenvalue weighted by molar-refractivity contribution is 9.10. The van der Waals surface area contributed by atoms with E-state index in [1.165, 1.54) is 0 Å². The molecule has 0 bridgehead atoms. The topological polar surface area (TPSA) is 49.6 Å². The molecule has 1 aliphatic rings. The van der Waals surface area contributed by atoms with Crippen LogP contribution in [0.15, 0.2) is 29.0 Å². The minimum atomic E-state index is 0.156. The van der Waals surface area contributed by atoms with Gasteiger partial charge in [0.1, 0.15) is 5.65 Å². The summed E-state index contributed by atoms with van der Waals surface area (Å²) < 4.78 is 2.93. The molecule has 3 heterocycles. The molecular weight excluding hydrogens is 308 g/mol. The van der Waals surface area contributed by atoms with Crippen molar-refractivity contribution in [2.75, 3.05) is 26.2 Å². The van der Waals surface area contributed by atoms with Gasteiger partial charge in [0.15, 0.2) is 0 Å². The van der Waals surface area contributed by atoms with Crippen molar-refractivity contribution < 1.29 is 4.79 Å². The first-order chi connectivity index (χ1) is 9.22. The molecule has 6 heteroatoms. The SMILES string of the molecule is O=C(Cc1cn2cc(Br)ccc2n1)N1CCNCC1. The predicted octanol–water partition coefficient (Wildman–Crippen LogP) is 1.07. The molecule has 1 saturated heterocycles. The van der Waals surface area contributed by atoms with E-state index in [2.05, 4.69) is 26.2 Å². The lowest BCUT2D eigenvalue weighted by molar-refractivity contribution is -0.131. The number of carbonyl (C=O) groups excluding carboxylic acids is 1. The Bertz CT molecular complexity index is 604. The molecule has 100 valence electrons. The van der Waals surface area contributed by atoms with Gasteiger partial charge >= 0.3 is 0 Å². The molecule has 3 rings (SSSR count). The maximum absolute atomic E-state index is 12.2. The van der Waals surface area contributed by atoms with Gasteiger partial charge < -0.3 is 14.6 Å². The molecule has 0 saturated carbocycles. The van der Waals surface area contributed by atoms with Crippen molar-refractivity contribution in [3.05, 3.63) is 34.7 Å². The molecule has 1 amide bonds. The van der Waals surface area contributed by atoms with Crippen LogP contribution in [0.3, 0.4) is 0 Å². The number of piperazine rings is 1. The molecule has 1 aliphatic heterocycles. The van der Waals surface area contributed by atoms with Gasteiger partial charge in [-0.1, -0.05) is 0 Å². The molecule has 1 fully saturated rings. The van der Waals surface area contributed by atoms with Gasteiger partial charge in [-0.05, 0) is 28.1 Å². The number of aromatic nitrogens is 2. The first-order valence-electron chi connectivity index (χ1n) is 6.34. The highest BCUT2D eigenvalue weighted by Gasteiger charge is 2.17. The Kier molecular flexibility index (Phi) is 3.52. The van der Waals surface area contributed by atoms with Gasteiger partial charge in [0, 0.05) is 43.0 Å². The van der Waals surface area contributed by atoms with Crippen molar-refractivity contribution in [2.45, 2.75) is 6.42 Å². The largest absolute Gasteiger partial charge is 0.340 e. The molecule has 0 radical (unpaired) electrons. The summed E-state index contributed by atoms with van der Waals surface area (Å²) in [4.78, 5) is 18.5. The second-order valence-electron chi connectivity index (χ2n) is 4.65. The fraction of sp³-hybridized carbons (Fsp3) is 0.385. The molecule has 5 nitrogen and oxygen atoms in total. The molecule has 0 spiro atoms. The van der Waals surface area contributed by atoms with Gasteiger partial charge in [-0.25, -0.2) is 4.98 Å². The minimum absolute atomic E-state index is 0.156. The summed E-state index contributed by atoms with van der Waals surface area (Å²) in [5.74, 6) is 0.156. The monoisotopic (exact) mass is 322 g/mol. The highest BCUT2D eigenvalue weighted by Crippen LogP contribution is 2.13. The predicted molar refractivity (Wildman–Crippen MR) is 76.0 cm³/mol. The third-order valence-electron chi connectivity index (χ3n) is 3.27. The van der Waals surface area contributed by atoms with Gasteiger partial charge in [0.25, 0.3) is 0 Å². The van der Waals surface area contributed by atoms with Gasteiger partial charge in [-0.3, -0.25) is 4.79 Å². The van der Waals surface area contributed by atoms with Crippen molar-refractivity contribution in [1.29, 1.82) is 0 Å². The summed E-state index contributed by atoms with van der Waals surface area (Å²) in [5.41, 5.74) is 1.69. The number of amides is 1. The Morgan fingerprint density at radius 3 is 2.89 bits per heavy atom. The number of hydrogen-bond acceptors (Lipinski definition) is 3. The van der Waals surface area contributed by atoms with Crippen LogP contribution in [0.4, 0.5) is 0 Å². The maximum Gasteiger partial charge on any atom is 0.228 e. The van der Waals surface area contributed by atoms with E-state index in [0.717, 1.165) is 42.0 Å².